The molecule has 1 aliphatic rings. The molecule has 0 saturated carbocycles. The maximum Gasteiger partial charge on any atom is 0.295 e. The highest BCUT2D eigenvalue weighted by Gasteiger charge is 2.47. The summed E-state index contributed by atoms with van der Waals surface area (Å²) in [5.41, 5.74) is 0.431. The van der Waals surface area contributed by atoms with Crippen LogP contribution in [0.5, 0.6) is 5.75 Å². The van der Waals surface area contributed by atoms with Crippen molar-refractivity contribution in [3.05, 3.63) is 59.6 Å². The fraction of sp³-hybridized carbons (Fsp3) is 0.364. The third kappa shape index (κ3) is 4.05. The molecular formula is C22H26N2O5. The van der Waals surface area contributed by atoms with E-state index in [9.17, 15) is 14.7 Å². The average molecular weight is 398 g/mol. The molecule has 7 nitrogen and oxygen atoms in total. The largest absolute Gasteiger partial charge is 0.507 e. The number of benzene rings is 1. The van der Waals surface area contributed by atoms with Crippen molar-refractivity contribution in [2.75, 3.05) is 33.3 Å². The lowest BCUT2D eigenvalue weighted by atomic mass is 9.99. The minimum atomic E-state index is -0.772. The molecule has 0 radical (unpaired) electrons. The third-order valence-electron chi connectivity index (χ3n) is 5.25. The van der Waals surface area contributed by atoms with E-state index >= 15 is 0 Å². The van der Waals surface area contributed by atoms with Crippen molar-refractivity contribution >= 4 is 17.4 Å². The van der Waals surface area contributed by atoms with Crippen molar-refractivity contribution in [3.8, 4) is 5.75 Å². The van der Waals surface area contributed by atoms with E-state index < -0.39 is 17.7 Å². The van der Waals surface area contributed by atoms with E-state index in [4.69, 9.17) is 9.15 Å². The van der Waals surface area contributed by atoms with Crippen LogP contribution in [0, 0.1) is 0 Å². The number of ether oxygens (including phenoxy) is 1. The van der Waals surface area contributed by atoms with Crippen molar-refractivity contribution in [2.45, 2.75) is 19.9 Å². The van der Waals surface area contributed by atoms with Crippen LogP contribution in [0.3, 0.4) is 0 Å². The van der Waals surface area contributed by atoms with Crippen molar-refractivity contribution in [1.29, 1.82) is 0 Å². The Labute approximate surface area is 170 Å². The zero-order chi connectivity index (χ0) is 21.0. The van der Waals surface area contributed by atoms with Crippen LogP contribution in [-0.4, -0.2) is 59.9 Å². The van der Waals surface area contributed by atoms with Gasteiger partial charge in [0, 0.05) is 18.7 Å². The molecule has 1 N–H and O–H groups in total. The number of carbonyl (C=O) groups excluding carboxylic acids is 2. The van der Waals surface area contributed by atoms with Crippen LogP contribution >= 0.6 is 0 Å². The Hall–Kier alpha value is -3.06. The van der Waals surface area contributed by atoms with Gasteiger partial charge in [0.1, 0.15) is 23.3 Å². The second-order valence-electron chi connectivity index (χ2n) is 6.77. The molecular weight excluding hydrogens is 372 g/mol. The number of hydrogen-bond donors (Lipinski definition) is 1. The normalized spacial score (nSPS) is 18.6. The highest BCUT2D eigenvalue weighted by molar-refractivity contribution is 6.46. The van der Waals surface area contributed by atoms with Gasteiger partial charge in [0.2, 0.25) is 0 Å². The summed E-state index contributed by atoms with van der Waals surface area (Å²) >= 11 is 0. The van der Waals surface area contributed by atoms with E-state index in [1.807, 2.05) is 13.8 Å². The maximum atomic E-state index is 12.9. The molecule has 1 atom stereocenters. The van der Waals surface area contributed by atoms with E-state index in [1.165, 1.54) is 18.3 Å². The fourth-order valence-corrected chi connectivity index (χ4v) is 3.57. The van der Waals surface area contributed by atoms with Gasteiger partial charge < -0.3 is 24.1 Å². The molecule has 0 unspecified atom stereocenters. The predicted molar refractivity (Wildman–Crippen MR) is 108 cm³/mol. The van der Waals surface area contributed by atoms with Gasteiger partial charge in [0.25, 0.3) is 11.7 Å². The molecule has 2 aromatic rings. The Morgan fingerprint density at radius 3 is 2.59 bits per heavy atom. The third-order valence-corrected chi connectivity index (χ3v) is 5.25. The molecule has 1 amide bonds. The summed E-state index contributed by atoms with van der Waals surface area (Å²) in [6, 6.07) is 9.38. The molecule has 154 valence electrons. The van der Waals surface area contributed by atoms with Crippen molar-refractivity contribution < 1.29 is 23.8 Å². The van der Waals surface area contributed by atoms with E-state index in [-0.39, 0.29) is 11.3 Å². The van der Waals surface area contributed by atoms with Gasteiger partial charge in [0.05, 0.1) is 18.9 Å². The highest BCUT2D eigenvalue weighted by atomic mass is 16.5. The summed E-state index contributed by atoms with van der Waals surface area (Å²) in [6.45, 7) is 6.75. The number of methoxy groups -OCH3 is 1. The molecule has 1 fully saturated rings. The predicted octanol–water partition coefficient (Wildman–Crippen LogP) is 3.05. The number of furan rings is 1. The van der Waals surface area contributed by atoms with Gasteiger partial charge in [-0.2, -0.15) is 0 Å². The summed E-state index contributed by atoms with van der Waals surface area (Å²) in [5.74, 6) is -0.615. The number of hydrogen-bond acceptors (Lipinski definition) is 6. The molecule has 2 heterocycles. The smallest absolute Gasteiger partial charge is 0.295 e. The van der Waals surface area contributed by atoms with Crippen LogP contribution in [0.1, 0.15) is 31.2 Å². The van der Waals surface area contributed by atoms with Gasteiger partial charge in [-0.3, -0.25) is 9.59 Å². The zero-order valence-corrected chi connectivity index (χ0v) is 16.9. The Balaban J connectivity index is 2.05. The van der Waals surface area contributed by atoms with Crippen LogP contribution in [0.2, 0.25) is 0 Å². The summed E-state index contributed by atoms with van der Waals surface area (Å²) in [7, 11) is 1.52. The van der Waals surface area contributed by atoms with E-state index in [1.54, 1.807) is 36.4 Å². The number of aliphatic hydroxyl groups is 1. The Morgan fingerprint density at radius 1 is 1.21 bits per heavy atom. The highest BCUT2D eigenvalue weighted by Crippen LogP contribution is 2.39. The number of amides is 1. The van der Waals surface area contributed by atoms with Crippen LogP contribution in [0.15, 0.2) is 52.7 Å². The van der Waals surface area contributed by atoms with Gasteiger partial charge >= 0.3 is 0 Å². The molecule has 0 aliphatic carbocycles. The molecule has 29 heavy (non-hydrogen) atoms. The van der Waals surface area contributed by atoms with Gasteiger partial charge in [-0.15, -0.1) is 0 Å². The number of aliphatic hydroxyl groups excluding tert-OH is 1. The lowest BCUT2D eigenvalue weighted by Crippen LogP contribution is -2.37. The number of rotatable bonds is 8. The topological polar surface area (TPSA) is 83.2 Å². The fourth-order valence-electron chi connectivity index (χ4n) is 3.57. The van der Waals surface area contributed by atoms with Crippen LogP contribution in [0.25, 0.3) is 5.76 Å². The number of likely N-dealkylation sites (N-methyl/N-ethyl adjacent to an activating group) is 1. The van der Waals surface area contributed by atoms with Gasteiger partial charge in [0.15, 0.2) is 0 Å². The monoisotopic (exact) mass is 398 g/mol. The van der Waals surface area contributed by atoms with Gasteiger partial charge in [-0.1, -0.05) is 26.0 Å². The lowest BCUT2D eigenvalue weighted by molar-refractivity contribution is -0.140. The first-order valence-corrected chi connectivity index (χ1v) is 9.70. The van der Waals surface area contributed by atoms with Crippen LogP contribution in [0.4, 0.5) is 0 Å². The van der Waals surface area contributed by atoms with Gasteiger partial charge in [-0.05, 0) is 37.4 Å². The quantitative estimate of drug-likeness (QED) is 0.418. The molecule has 1 aliphatic heterocycles. The minimum absolute atomic E-state index is 0.0257. The number of nitrogens with zero attached hydrogens (tertiary/aromatic N) is 2. The molecule has 1 aromatic carbocycles. The first kappa shape index (κ1) is 20.7. The molecule has 1 saturated heterocycles. The Bertz CT molecular complexity index is 900. The average Bonchev–Trinajstić information content (AvgIpc) is 3.36. The number of Topliss-reactive ketones (excluding diaryl/α,β-unsaturated/α-hetero) is 1. The number of likely N-dealkylation sites (tertiary alicyclic amines) is 1. The van der Waals surface area contributed by atoms with E-state index in [0.29, 0.717) is 30.2 Å². The standard InChI is InChI=1S/C22H26N2O5/c1-4-23(5-2)11-12-24-19(17-10-7-13-29-17)18(21(26)22(24)27)20(25)15-8-6-9-16(14-15)28-3/h6-10,13-14,19,25H,4-5,11-12H2,1-3H3/t19-/m1/s1. The molecule has 0 bridgehead atoms. The van der Waals surface area contributed by atoms with Crippen molar-refractivity contribution in [1.82, 2.24) is 9.80 Å². The van der Waals surface area contributed by atoms with E-state index in [0.717, 1.165) is 13.1 Å². The summed E-state index contributed by atoms with van der Waals surface area (Å²) in [6.07, 6.45) is 1.49. The zero-order valence-electron chi connectivity index (χ0n) is 16.9. The second kappa shape index (κ2) is 8.96. The molecule has 0 spiro atoms. The first-order valence-electron chi connectivity index (χ1n) is 9.70. The van der Waals surface area contributed by atoms with Crippen LogP contribution < -0.4 is 4.74 Å². The van der Waals surface area contributed by atoms with Crippen LogP contribution in [-0.2, 0) is 9.59 Å². The molecule has 7 heteroatoms. The summed E-state index contributed by atoms with van der Waals surface area (Å²) in [4.78, 5) is 29.3. The first-order chi connectivity index (χ1) is 14.0. The summed E-state index contributed by atoms with van der Waals surface area (Å²) < 4.78 is 10.7. The minimum Gasteiger partial charge on any atom is -0.507 e. The Kier molecular flexibility index (Phi) is 6.39. The second-order valence-corrected chi connectivity index (χ2v) is 6.77. The number of ketones is 1. The SMILES string of the molecule is CCN(CC)CCN1C(=O)C(=O)C(=C(O)c2cccc(OC)c2)[C@H]1c1ccco1. The lowest BCUT2D eigenvalue weighted by Gasteiger charge is -2.26. The molecule has 1 aromatic heterocycles. The van der Waals surface area contributed by atoms with E-state index in [2.05, 4.69) is 4.90 Å². The maximum absolute atomic E-state index is 12.9. The van der Waals surface area contributed by atoms with Crippen molar-refractivity contribution in [3.63, 3.8) is 0 Å². The summed E-state index contributed by atoms with van der Waals surface area (Å²) in [5, 5.41) is 11.0. The Morgan fingerprint density at radius 2 is 1.97 bits per heavy atom. The number of carbonyl (C=O) groups is 2. The van der Waals surface area contributed by atoms with Gasteiger partial charge in [-0.25, -0.2) is 0 Å². The van der Waals surface area contributed by atoms with Crippen molar-refractivity contribution in [2.24, 2.45) is 0 Å². The molecule has 3 rings (SSSR count).